The van der Waals surface area contributed by atoms with E-state index >= 15 is 0 Å². The van der Waals surface area contributed by atoms with Crippen molar-refractivity contribution in [1.82, 2.24) is 4.98 Å². The van der Waals surface area contributed by atoms with Gasteiger partial charge in [0.05, 0.1) is 7.11 Å². The lowest BCUT2D eigenvalue weighted by Gasteiger charge is -2.11. The Morgan fingerprint density at radius 1 is 1.04 bits per heavy atom. The third-order valence-corrected chi connectivity index (χ3v) is 4.39. The summed E-state index contributed by atoms with van der Waals surface area (Å²) in [5, 5.41) is 11.1. The molecule has 0 spiro atoms. The number of aromatic carboxylic acids is 1. The van der Waals surface area contributed by atoms with Crippen LogP contribution in [0, 0.1) is 0 Å². The SMILES string of the molecule is COc1ccccc1OCCOc1ccc(-c2nc(C(=O)O)cs2)cc1. The van der Waals surface area contributed by atoms with E-state index in [4.69, 9.17) is 19.3 Å². The monoisotopic (exact) mass is 371 g/mol. The van der Waals surface area contributed by atoms with Gasteiger partial charge in [0.25, 0.3) is 0 Å². The third kappa shape index (κ3) is 4.31. The van der Waals surface area contributed by atoms with Crippen LogP contribution in [0.15, 0.2) is 53.9 Å². The second-order valence-electron chi connectivity index (χ2n) is 5.22. The minimum atomic E-state index is -1.03. The number of methoxy groups -OCH3 is 1. The van der Waals surface area contributed by atoms with Gasteiger partial charge in [-0.2, -0.15) is 0 Å². The molecule has 0 aliphatic carbocycles. The molecule has 0 aliphatic rings. The van der Waals surface area contributed by atoms with Crippen molar-refractivity contribution in [3.05, 3.63) is 59.6 Å². The van der Waals surface area contributed by atoms with Gasteiger partial charge in [0.15, 0.2) is 17.2 Å². The van der Waals surface area contributed by atoms with E-state index in [9.17, 15) is 4.79 Å². The molecule has 134 valence electrons. The van der Waals surface area contributed by atoms with Crippen LogP contribution in [-0.2, 0) is 0 Å². The number of benzene rings is 2. The molecule has 1 N–H and O–H groups in total. The number of carbonyl (C=O) groups is 1. The van der Waals surface area contributed by atoms with Crippen LogP contribution in [0.4, 0.5) is 0 Å². The minimum Gasteiger partial charge on any atom is -0.493 e. The van der Waals surface area contributed by atoms with Crippen LogP contribution in [-0.4, -0.2) is 36.4 Å². The molecule has 0 atom stereocenters. The second-order valence-corrected chi connectivity index (χ2v) is 6.07. The molecule has 0 bridgehead atoms. The summed E-state index contributed by atoms with van der Waals surface area (Å²) in [6.07, 6.45) is 0. The maximum atomic E-state index is 10.9. The molecule has 1 heterocycles. The zero-order valence-electron chi connectivity index (χ0n) is 14.0. The molecule has 26 heavy (non-hydrogen) atoms. The molecule has 7 heteroatoms. The fraction of sp³-hybridized carbons (Fsp3) is 0.158. The number of hydrogen-bond acceptors (Lipinski definition) is 6. The average Bonchev–Trinajstić information content (AvgIpc) is 3.16. The fourth-order valence-electron chi connectivity index (χ4n) is 2.25. The molecule has 0 saturated heterocycles. The van der Waals surface area contributed by atoms with Crippen LogP contribution in [0.3, 0.4) is 0 Å². The Bertz CT molecular complexity index is 876. The number of nitrogens with zero attached hydrogens (tertiary/aromatic N) is 1. The lowest BCUT2D eigenvalue weighted by Crippen LogP contribution is -2.09. The Hall–Kier alpha value is -3.06. The van der Waals surface area contributed by atoms with Gasteiger partial charge in [-0.15, -0.1) is 11.3 Å². The summed E-state index contributed by atoms with van der Waals surface area (Å²) >= 11 is 1.29. The highest BCUT2D eigenvalue weighted by Gasteiger charge is 2.10. The quantitative estimate of drug-likeness (QED) is 0.604. The summed E-state index contributed by atoms with van der Waals surface area (Å²) in [5.41, 5.74) is 0.902. The maximum Gasteiger partial charge on any atom is 0.355 e. The summed E-state index contributed by atoms with van der Waals surface area (Å²) in [5.74, 6) is 1.03. The zero-order valence-corrected chi connectivity index (χ0v) is 14.9. The van der Waals surface area contributed by atoms with E-state index in [2.05, 4.69) is 4.98 Å². The highest BCUT2D eigenvalue weighted by molar-refractivity contribution is 7.13. The summed E-state index contributed by atoms with van der Waals surface area (Å²) in [4.78, 5) is 15.0. The van der Waals surface area contributed by atoms with Gasteiger partial charge >= 0.3 is 5.97 Å². The zero-order chi connectivity index (χ0) is 18.4. The first-order valence-electron chi connectivity index (χ1n) is 7.85. The number of hydrogen-bond donors (Lipinski definition) is 1. The molecule has 0 fully saturated rings. The number of carboxylic acid groups (broad SMARTS) is 1. The van der Waals surface area contributed by atoms with Crippen molar-refractivity contribution < 1.29 is 24.1 Å². The minimum absolute atomic E-state index is 0.0545. The van der Waals surface area contributed by atoms with E-state index in [0.717, 1.165) is 5.56 Å². The van der Waals surface area contributed by atoms with E-state index < -0.39 is 5.97 Å². The highest BCUT2D eigenvalue weighted by Crippen LogP contribution is 2.27. The normalized spacial score (nSPS) is 10.3. The number of thiazole rings is 1. The first-order valence-corrected chi connectivity index (χ1v) is 8.73. The van der Waals surface area contributed by atoms with Gasteiger partial charge in [-0.1, -0.05) is 12.1 Å². The standard InChI is InChI=1S/C19H17NO5S/c1-23-16-4-2-3-5-17(16)25-11-10-24-14-8-6-13(7-9-14)18-20-15(12-26-18)19(21)22/h2-9,12H,10-11H2,1H3,(H,21,22). The topological polar surface area (TPSA) is 77.9 Å². The predicted octanol–water partition coefficient (Wildman–Crippen LogP) is 3.97. The lowest BCUT2D eigenvalue weighted by molar-refractivity contribution is 0.0691. The smallest absolute Gasteiger partial charge is 0.355 e. The van der Waals surface area contributed by atoms with Crippen molar-refractivity contribution >= 4 is 17.3 Å². The van der Waals surface area contributed by atoms with Gasteiger partial charge in [-0.05, 0) is 36.4 Å². The summed E-state index contributed by atoms with van der Waals surface area (Å²) in [7, 11) is 1.60. The van der Waals surface area contributed by atoms with E-state index in [0.29, 0.717) is 35.5 Å². The Morgan fingerprint density at radius 2 is 1.73 bits per heavy atom. The Kier molecular flexibility index (Phi) is 5.70. The molecule has 0 aliphatic heterocycles. The largest absolute Gasteiger partial charge is 0.493 e. The molecule has 6 nitrogen and oxygen atoms in total. The van der Waals surface area contributed by atoms with Crippen LogP contribution in [0.2, 0.25) is 0 Å². The Labute approximate surface area is 154 Å². The molecule has 1 aromatic heterocycles. The number of para-hydroxylation sites is 2. The van der Waals surface area contributed by atoms with Crippen LogP contribution in [0.25, 0.3) is 10.6 Å². The maximum absolute atomic E-state index is 10.9. The van der Waals surface area contributed by atoms with Crippen molar-refractivity contribution in [1.29, 1.82) is 0 Å². The van der Waals surface area contributed by atoms with Crippen LogP contribution >= 0.6 is 11.3 Å². The number of ether oxygens (including phenoxy) is 3. The number of aromatic nitrogens is 1. The van der Waals surface area contributed by atoms with E-state index in [-0.39, 0.29) is 5.69 Å². The molecule has 0 radical (unpaired) electrons. The lowest BCUT2D eigenvalue weighted by atomic mass is 10.2. The molecule has 3 aromatic rings. The van der Waals surface area contributed by atoms with Crippen LogP contribution in [0.1, 0.15) is 10.5 Å². The van der Waals surface area contributed by atoms with Crippen molar-refractivity contribution in [2.45, 2.75) is 0 Å². The third-order valence-electron chi connectivity index (χ3n) is 3.50. The average molecular weight is 371 g/mol. The van der Waals surface area contributed by atoms with Crippen molar-refractivity contribution in [3.63, 3.8) is 0 Å². The molecule has 0 saturated carbocycles. The molecule has 3 rings (SSSR count). The van der Waals surface area contributed by atoms with Gasteiger partial charge in [0, 0.05) is 10.9 Å². The number of rotatable bonds is 8. The molecular weight excluding hydrogens is 354 g/mol. The summed E-state index contributed by atoms with van der Waals surface area (Å²) < 4.78 is 16.5. The predicted molar refractivity (Wildman–Crippen MR) is 98.5 cm³/mol. The second kappa shape index (κ2) is 8.35. The highest BCUT2D eigenvalue weighted by atomic mass is 32.1. The summed E-state index contributed by atoms with van der Waals surface area (Å²) in [6.45, 7) is 0.772. The molecule has 2 aromatic carbocycles. The first-order chi connectivity index (χ1) is 12.7. The van der Waals surface area contributed by atoms with E-state index in [1.165, 1.54) is 16.7 Å². The van der Waals surface area contributed by atoms with Gasteiger partial charge in [0.2, 0.25) is 0 Å². The van der Waals surface area contributed by atoms with Gasteiger partial charge in [-0.25, -0.2) is 9.78 Å². The van der Waals surface area contributed by atoms with Crippen LogP contribution < -0.4 is 14.2 Å². The summed E-state index contributed by atoms with van der Waals surface area (Å²) in [6, 6.07) is 14.8. The van der Waals surface area contributed by atoms with Gasteiger partial charge < -0.3 is 19.3 Å². The van der Waals surface area contributed by atoms with Crippen molar-refractivity contribution in [2.24, 2.45) is 0 Å². The molecule has 0 unspecified atom stereocenters. The fourth-order valence-corrected chi connectivity index (χ4v) is 3.05. The number of carboxylic acids is 1. The van der Waals surface area contributed by atoms with Gasteiger partial charge in [-0.3, -0.25) is 0 Å². The van der Waals surface area contributed by atoms with E-state index in [1.807, 2.05) is 48.5 Å². The van der Waals surface area contributed by atoms with Gasteiger partial charge in [0.1, 0.15) is 24.0 Å². The Morgan fingerprint density at radius 3 is 2.38 bits per heavy atom. The van der Waals surface area contributed by atoms with Crippen molar-refractivity contribution in [2.75, 3.05) is 20.3 Å². The first kappa shape index (κ1) is 17.8. The molecule has 0 amide bonds. The van der Waals surface area contributed by atoms with Crippen LogP contribution in [0.5, 0.6) is 17.2 Å². The van der Waals surface area contributed by atoms with Crippen molar-refractivity contribution in [3.8, 4) is 27.8 Å². The van der Waals surface area contributed by atoms with E-state index in [1.54, 1.807) is 7.11 Å². The Balaban J connectivity index is 1.52. The molecular formula is C19H17NO5S.